The fraction of sp³-hybridized carbons (Fsp3) is 0.143. The van der Waals surface area contributed by atoms with Crippen LogP contribution in [0.1, 0.15) is 61.2 Å². The Morgan fingerprint density at radius 3 is 0.759 bits per heavy atom. The van der Waals surface area contributed by atoms with E-state index in [4.69, 9.17) is 29.9 Å². The minimum absolute atomic E-state index is 0.759. The van der Waals surface area contributed by atoms with Crippen molar-refractivity contribution >= 4 is 0 Å². The molecular formula is C77H70N6. The Bertz CT molecular complexity index is 3810. The first-order chi connectivity index (χ1) is 40.2. The van der Waals surface area contributed by atoms with Crippen molar-refractivity contribution in [1.29, 1.82) is 0 Å². The fourth-order valence-electron chi connectivity index (χ4n) is 10.6. The van der Waals surface area contributed by atoms with Gasteiger partial charge in [-0.05, 0) is 156 Å². The van der Waals surface area contributed by atoms with Gasteiger partial charge >= 0.3 is 0 Å². The van der Waals surface area contributed by atoms with Gasteiger partial charge in [-0.3, -0.25) is 0 Å². The van der Waals surface area contributed by atoms with Gasteiger partial charge in [0.25, 0.3) is 0 Å². The van der Waals surface area contributed by atoms with Crippen LogP contribution < -0.4 is 0 Å². The standard InChI is InChI=1S/2C26H24N2.C25H22N2/c1-17-15-18(2)20(4)25(19(17)3)24-16-23(21-11-7-5-8-12-21)27-26(28-24)22-13-9-6-10-14-22;1-17-15-18(2)20(4)25(19(17)3)26-27-23(21-11-7-5-8-12-21)16-24(28-26)22-13-9-6-10-14-22;1-17-14-15-18(2)24(19(17)3)25-26-22(20-10-6-4-7-11-20)16-23(27-25)21-12-8-5-9-13-21/h2*5-16H,1-4H3;4-16H,1-3H3. The van der Waals surface area contributed by atoms with Gasteiger partial charge in [0.15, 0.2) is 17.5 Å². The summed E-state index contributed by atoms with van der Waals surface area (Å²) in [6.07, 6.45) is 0. The summed E-state index contributed by atoms with van der Waals surface area (Å²) < 4.78 is 0. The SMILES string of the molecule is Cc1cc(C)c(C)c(-c2cc(-c3ccccc3)nc(-c3ccccc3)n2)c1C.Cc1cc(C)c(C)c(-c2nc(-c3ccccc3)cc(-c3ccccc3)n2)c1C.Cc1ccc(C)c(-c2nc(-c3ccccc3)cc(-c3ccccc3)n2)c1C. The number of rotatable bonds is 9. The molecule has 0 spiro atoms. The van der Waals surface area contributed by atoms with E-state index in [2.05, 4.69) is 191 Å². The molecule has 6 heteroatoms. The first-order valence-corrected chi connectivity index (χ1v) is 28.4. The van der Waals surface area contributed by atoms with E-state index in [1.165, 1.54) is 66.8 Å². The summed E-state index contributed by atoms with van der Waals surface area (Å²) in [5, 5.41) is 0. The van der Waals surface area contributed by atoms with Crippen LogP contribution in [0.15, 0.2) is 224 Å². The van der Waals surface area contributed by atoms with E-state index in [-0.39, 0.29) is 0 Å². The minimum atomic E-state index is 0.759. The summed E-state index contributed by atoms with van der Waals surface area (Å²) in [6, 6.07) is 76.9. The van der Waals surface area contributed by atoms with Crippen LogP contribution in [-0.2, 0) is 0 Å². The zero-order valence-electron chi connectivity index (χ0n) is 49.5. The number of hydrogen-bond donors (Lipinski definition) is 0. The smallest absolute Gasteiger partial charge is 0.160 e. The van der Waals surface area contributed by atoms with Crippen molar-refractivity contribution in [1.82, 2.24) is 29.9 Å². The van der Waals surface area contributed by atoms with Gasteiger partial charge in [-0.1, -0.05) is 206 Å². The van der Waals surface area contributed by atoms with Gasteiger partial charge in [-0.2, -0.15) is 0 Å². The summed E-state index contributed by atoms with van der Waals surface area (Å²) >= 11 is 0. The second-order valence-corrected chi connectivity index (χ2v) is 21.6. The molecule has 0 atom stereocenters. The van der Waals surface area contributed by atoms with Crippen molar-refractivity contribution in [3.63, 3.8) is 0 Å². The van der Waals surface area contributed by atoms with Crippen molar-refractivity contribution < 1.29 is 0 Å². The number of aromatic nitrogens is 6. The minimum Gasteiger partial charge on any atom is -0.228 e. The van der Waals surface area contributed by atoms with Crippen molar-refractivity contribution in [3.05, 3.63) is 286 Å². The van der Waals surface area contributed by atoms with E-state index in [1.807, 2.05) is 109 Å². The maximum Gasteiger partial charge on any atom is 0.160 e. The van der Waals surface area contributed by atoms with E-state index >= 15 is 0 Å². The van der Waals surface area contributed by atoms with E-state index in [0.29, 0.717) is 0 Å². The van der Waals surface area contributed by atoms with Crippen molar-refractivity contribution in [3.8, 4) is 102 Å². The Hall–Kier alpha value is -9.78. The van der Waals surface area contributed by atoms with Gasteiger partial charge in [-0.25, -0.2) is 29.9 Å². The van der Waals surface area contributed by atoms with Gasteiger partial charge in [0.2, 0.25) is 0 Å². The highest BCUT2D eigenvalue weighted by molar-refractivity contribution is 5.79. The third-order valence-corrected chi connectivity index (χ3v) is 15.9. The first-order valence-electron chi connectivity index (χ1n) is 28.4. The van der Waals surface area contributed by atoms with E-state index in [9.17, 15) is 0 Å². The predicted octanol–water partition coefficient (Wildman–Crippen LogP) is 19.8. The molecule has 0 N–H and O–H groups in total. The monoisotopic (exact) mass is 1080 g/mol. The predicted molar refractivity (Wildman–Crippen MR) is 347 cm³/mol. The van der Waals surface area contributed by atoms with Crippen LogP contribution >= 0.6 is 0 Å². The van der Waals surface area contributed by atoms with Crippen LogP contribution in [0.2, 0.25) is 0 Å². The molecule has 0 fully saturated rings. The van der Waals surface area contributed by atoms with Crippen LogP contribution in [0.25, 0.3) is 102 Å². The summed E-state index contributed by atoms with van der Waals surface area (Å²) in [7, 11) is 0. The molecule has 408 valence electrons. The fourth-order valence-corrected chi connectivity index (χ4v) is 10.6. The molecule has 0 radical (unpaired) electrons. The topological polar surface area (TPSA) is 77.3 Å². The van der Waals surface area contributed by atoms with Crippen LogP contribution in [0.3, 0.4) is 0 Å². The molecule has 0 aliphatic rings. The third kappa shape index (κ3) is 12.7. The van der Waals surface area contributed by atoms with E-state index in [0.717, 1.165) is 96.1 Å². The lowest BCUT2D eigenvalue weighted by Crippen LogP contribution is -2.01. The molecule has 9 aromatic carbocycles. The maximum atomic E-state index is 4.99. The molecule has 12 rings (SSSR count). The third-order valence-electron chi connectivity index (χ3n) is 15.9. The molecular weight excluding hydrogens is 1010 g/mol. The second kappa shape index (κ2) is 25.3. The highest BCUT2D eigenvalue weighted by Crippen LogP contribution is 2.37. The lowest BCUT2D eigenvalue weighted by molar-refractivity contribution is 1.14. The van der Waals surface area contributed by atoms with Crippen molar-refractivity contribution in [2.24, 2.45) is 0 Å². The van der Waals surface area contributed by atoms with Crippen LogP contribution in [0.4, 0.5) is 0 Å². The lowest BCUT2D eigenvalue weighted by atomic mass is 9.91. The number of benzene rings is 9. The molecule has 0 saturated heterocycles. The van der Waals surface area contributed by atoms with Crippen molar-refractivity contribution in [2.45, 2.75) is 76.2 Å². The summed E-state index contributed by atoms with van der Waals surface area (Å²) in [5.74, 6) is 2.34. The zero-order chi connectivity index (χ0) is 58.1. The highest BCUT2D eigenvalue weighted by Gasteiger charge is 2.19. The van der Waals surface area contributed by atoms with Gasteiger partial charge in [0.05, 0.1) is 34.2 Å². The molecule has 0 aliphatic heterocycles. The second-order valence-electron chi connectivity index (χ2n) is 21.6. The molecule has 0 aliphatic carbocycles. The Balaban J connectivity index is 0.000000139. The summed E-state index contributed by atoms with van der Waals surface area (Å²) in [4.78, 5) is 29.8. The normalized spacial score (nSPS) is 10.8. The average Bonchev–Trinajstić information content (AvgIpc) is 3.73. The number of hydrogen-bond acceptors (Lipinski definition) is 6. The average molecular weight is 1080 g/mol. The molecule has 12 aromatic rings. The molecule has 3 heterocycles. The molecule has 6 nitrogen and oxygen atoms in total. The Morgan fingerprint density at radius 2 is 0.422 bits per heavy atom. The Morgan fingerprint density at radius 1 is 0.181 bits per heavy atom. The number of nitrogens with zero attached hydrogens (tertiary/aromatic N) is 6. The molecule has 3 aromatic heterocycles. The van der Waals surface area contributed by atoms with E-state index in [1.54, 1.807) is 0 Å². The summed E-state index contributed by atoms with van der Waals surface area (Å²) in [5.41, 5.74) is 29.6. The summed E-state index contributed by atoms with van der Waals surface area (Å²) in [6.45, 7) is 23.8. The van der Waals surface area contributed by atoms with Crippen molar-refractivity contribution in [2.75, 3.05) is 0 Å². The molecule has 0 unspecified atom stereocenters. The first kappa shape index (κ1) is 56.5. The van der Waals surface area contributed by atoms with Gasteiger partial charge in [-0.15, -0.1) is 0 Å². The molecule has 0 bridgehead atoms. The van der Waals surface area contributed by atoms with Gasteiger partial charge < -0.3 is 0 Å². The van der Waals surface area contributed by atoms with Gasteiger partial charge in [0.1, 0.15) is 0 Å². The lowest BCUT2D eigenvalue weighted by Gasteiger charge is -2.16. The molecule has 0 amide bonds. The molecule has 0 saturated carbocycles. The van der Waals surface area contributed by atoms with Crippen LogP contribution in [0, 0.1) is 76.2 Å². The molecule has 83 heavy (non-hydrogen) atoms. The highest BCUT2D eigenvalue weighted by atomic mass is 14.9. The Kier molecular flexibility index (Phi) is 17.3. The van der Waals surface area contributed by atoms with Crippen LogP contribution in [-0.4, -0.2) is 29.9 Å². The van der Waals surface area contributed by atoms with E-state index < -0.39 is 0 Å². The van der Waals surface area contributed by atoms with Gasteiger partial charge in [0, 0.05) is 50.1 Å². The maximum absolute atomic E-state index is 4.99. The number of aryl methyl sites for hydroxylation is 6. The van der Waals surface area contributed by atoms with Crippen LogP contribution in [0.5, 0.6) is 0 Å². The largest absolute Gasteiger partial charge is 0.228 e. The quantitative estimate of drug-likeness (QED) is 0.143. The zero-order valence-corrected chi connectivity index (χ0v) is 49.5. The Labute approximate surface area is 490 Å².